The summed E-state index contributed by atoms with van der Waals surface area (Å²) in [6, 6.07) is 28.4. The molecule has 1 fully saturated rings. The van der Waals surface area contributed by atoms with E-state index in [9.17, 15) is 9.59 Å². The SMILES string of the molecule is COC(=O)C1ON(c2ccccc2)C(c2ccccc2)(c2ccccc2)C1C(=O)OC. The third-order valence-electron chi connectivity index (χ3n) is 5.60. The highest BCUT2D eigenvalue weighted by atomic mass is 16.7. The quantitative estimate of drug-likeness (QED) is 0.590. The molecular weight excluding hydrogens is 394 g/mol. The van der Waals surface area contributed by atoms with E-state index in [1.165, 1.54) is 14.2 Å². The van der Waals surface area contributed by atoms with Gasteiger partial charge in [-0.15, -0.1) is 0 Å². The Bertz CT molecular complexity index is 1000. The molecule has 0 amide bonds. The molecule has 1 aliphatic heterocycles. The summed E-state index contributed by atoms with van der Waals surface area (Å²) in [7, 11) is 2.58. The molecule has 0 bridgehead atoms. The van der Waals surface area contributed by atoms with Crippen molar-refractivity contribution >= 4 is 17.6 Å². The maximum Gasteiger partial charge on any atom is 0.338 e. The molecule has 0 aromatic heterocycles. The van der Waals surface area contributed by atoms with Gasteiger partial charge in [0.15, 0.2) is 6.10 Å². The van der Waals surface area contributed by atoms with Crippen LogP contribution >= 0.6 is 0 Å². The van der Waals surface area contributed by atoms with Gasteiger partial charge >= 0.3 is 11.9 Å². The van der Waals surface area contributed by atoms with Gasteiger partial charge in [-0.2, -0.15) is 0 Å². The number of para-hydroxylation sites is 1. The Morgan fingerprint density at radius 2 is 1.19 bits per heavy atom. The molecule has 3 aromatic rings. The lowest BCUT2D eigenvalue weighted by Gasteiger charge is -2.41. The zero-order valence-corrected chi connectivity index (χ0v) is 17.3. The number of ether oxygens (including phenoxy) is 2. The molecule has 2 atom stereocenters. The van der Waals surface area contributed by atoms with Crippen LogP contribution in [0.2, 0.25) is 0 Å². The summed E-state index contributed by atoms with van der Waals surface area (Å²) in [6.07, 6.45) is -1.20. The van der Waals surface area contributed by atoms with Gasteiger partial charge in [0.1, 0.15) is 11.5 Å². The molecular formula is C25H23NO5. The molecule has 0 aliphatic carbocycles. The van der Waals surface area contributed by atoms with E-state index >= 15 is 0 Å². The van der Waals surface area contributed by atoms with E-state index in [0.717, 1.165) is 11.1 Å². The summed E-state index contributed by atoms with van der Waals surface area (Å²) < 4.78 is 10.2. The van der Waals surface area contributed by atoms with Gasteiger partial charge < -0.3 is 9.47 Å². The Labute approximate surface area is 180 Å². The first-order chi connectivity index (χ1) is 15.1. The summed E-state index contributed by atoms with van der Waals surface area (Å²) in [6.45, 7) is 0. The minimum absolute atomic E-state index is 0.568. The van der Waals surface area contributed by atoms with Crippen LogP contribution in [0.5, 0.6) is 0 Å². The van der Waals surface area contributed by atoms with E-state index in [0.29, 0.717) is 5.69 Å². The van der Waals surface area contributed by atoms with Crippen molar-refractivity contribution in [2.24, 2.45) is 5.92 Å². The van der Waals surface area contributed by atoms with Crippen LogP contribution < -0.4 is 5.06 Å². The molecule has 4 rings (SSSR count). The highest BCUT2D eigenvalue weighted by Crippen LogP contribution is 2.52. The monoisotopic (exact) mass is 417 g/mol. The highest BCUT2D eigenvalue weighted by molar-refractivity contribution is 5.88. The van der Waals surface area contributed by atoms with Gasteiger partial charge in [-0.25, -0.2) is 9.86 Å². The Kier molecular flexibility index (Phi) is 5.73. The Hall–Kier alpha value is -3.64. The first kappa shape index (κ1) is 20.6. The van der Waals surface area contributed by atoms with E-state index in [1.807, 2.05) is 91.0 Å². The maximum atomic E-state index is 13.2. The second-order valence-corrected chi connectivity index (χ2v) is 7.18. The van der Waals surface area contributed by atoms with Crippen LogP contribution in [0.1, 0.15) is 11.1 Å². The van der Waals surface area contributed by atoms with Crippen molar-refractivity contribution in [3.63, 3.8) is 0 Å². The fourth-order valence-corrected chi connectivity index (χ4v) is 4.29. The lowest BCUT2D eigenvalue weighted by molar-refractivity contribution is -0.161. The maximum absolute atomic E-state index is 13.2. The van der Waals surface area contributed by atoms with E-state index in [1.54, 1.807) is 5.06 Å². The van der Waals surface area contributed by atoms with Crippen LogP contribution in [0.25, 0.3) is 0 Å². The lowest BCUT2D eigenvalue weighted by atomic mass is 9.71. The molecule has 0 spiro atoms. The minimum Gasteiger partial charge on any atom is -0.469 e. The number of esters is 2. The molecule has 6 heteroatoms. The summed E-state index contributed by atoms with van der Waals surface area (Å²) in [4.78, 5) is 32.3. The normalized spacial score (nSPS) is 19.6. The zero-order chi connectivity index (χ0) is 21.8. The molecule has 158 valence electrons. The lowest BCUT2D eigenvalue weighted by Crippen LogP contribution is -2.50. The number of hydrogen-bond acceptors (Lipinski definition) is 6. The van der Waals surface area contributed by atoms with Gasteiger partial charge in [-0.1, -0.05) is 78.9 Å². The molecule has 1 heterocycles. The zero-order valence-electron chi connectivity index (χ0n) is 17.3. The average Bonchev–Trinajstić information content (AvgIpc) is 3.21. The van der Waals surface area contributed by atoms with Crippen LogP contribution in [0.3, 0.4) is 0 Å². The Morgan fingerprint density at radius 1 is 0.742 bits per heavy atom. The number of benzene rings is 3. The number of anilines is 1. The van der Waals surface area contributed by atoms with Crippen LogP contribution in [0.4, 0.5) is 5.69 Å². The van der Waals surface area contributed by atoms with E-state index in [4.69, 9.17) is 14.3 Å². The van der Waals surface area contributed by atoms with Gasteiger partial charge in [-0.3, -0.25) is 9.63 Å². The molecule has 1 saturated heterocycles. The van der Waals surface area contributed by atoms with Gasteiger partial charge in [0.2, 0.25) is 0 Å². The van der Waals surface area contributed by atoms with E-state index in [2.05, 4.69) is 0 Å². The Balaban J connectivity index is 2.08. The van der Waals surface area contributed by atoms with Crippen molar-refractivity contribution in [1.82, 2.24) is 0 Å². The van der Waals surface area contributed by atoms with Crippen molar-refractivity contribution in [1.29, 1.82) is 0 Å². The number of nitrogens with zero attached hydrogens (tertiary/aromatic N) is 1. The largest absolute Gasteiger partial charge is 0.469 e. The van der Waals surface area contributed by atoms with Crippen LogP contribution in [0, 0.1) is 5.92 Å². The number of carbonyl (C=O) groups excluding carboxylic acids is 2. The molecule has 0 N–H and O–H groups in total. The van der Waals surface area contributed by atoms with Gasteiger partial charge in [0, 0.05) is 0 Å². The van der Waals surface area contributed by atoms with E-state index < -0.39 is 29.5 Å². The van der Waals surface area contributed by atoms with Crippen LogP contribution in [-0.4, -0.2) is 32.3 Å². The molecule has 3 aromatic carbocycles. The molecule has 1 aliphatic rings. The second kappa shape index (κ2) is 8.62. The molecule has 31 heavy (non-hydrogen) atoms. The first-order valence-corrected chi connectivity index (χ1v) is 9.93. The predicted molar refractivity (Wildman–Crippen MR) is 115 cm³/mol. The molecule has 2 unspecified atom stereocenters. The van der Waals surface area contributed by atoms with Gasteiger partial charge in [0.25, 0.3) is 0 Å². The van der Waals surface area contributed by atoms with Gasteiger partial charge in [0.05, 0.1) is 19.9 Å². The highest BCUT2D eigenvalue weighted by Gasteiger charge is 2.64. The number of hydrogen-bond donors (Lipinski definition) is 0. The van der Waals surface area contributed by atoms with Crippen molar-refractivity contribution in [2.75, 3.05) is 19.3 Å². The fourth-order valence-electron chi connectivity index (χ4n) is 4.29. The molecule has 6 nitrogen and oxygen atoms in total. The Morgan fingerprint density at radius 3 is 1.65 bits per heavy atom. The number of methoxy groups -OCH3 is 2. The smallest absolute Gasteiger partial charge is 0.338 e. The molecule has 0 radical (unpaired) electrons. The third-order valence-corrected chi connectivity index (χ3v) is 5.60. The topological polar surface area (TPSA) is 65.1 Å². The van der Waals surface area contributed by atoms with Crippen molar-refractivity contribution in [2.45, 2.75) is 11.6 Å². The predicted octanol–water partition coefficient (Wildman–Crippen LogP) is 3.71. The summed E-state index contributed by atoms with van der Waals surface area (Å²) in [5.41, 5.74) is 1.09. The van der Waals surface area contributed by atoms with Crippen molar-refractivity contribution in [3.05, 3.63) is 102 Å². The number of carbonyl (C=O) groups is 2. The van der Waals surface area contributed by atoms with Crippen molar-refractivity contribution in [3.8, 4) is 0 Å². The fraction of sp³-hybridized carbons (Fsp3) is 0.200. The number of hydroxylamine groups is 1. The van der Waals surface area contributed by atoms with Crippen LogP contribution in [-0.2, 0) is 29.4 Å². The summed E-state index contributed by atoms with van der Waals surface area (Å²) in [5.74, 6) is -2.23. The minimum atomic E-state index is -1.20. The first-order valence-electron chi connectivity index (χ1n) is 9.93. The van der Waals surface area contributed by atoms with Crippen LogP contribution in [0.15, 0.2) is 91.0 Å². The van der Waals surface area contributed by atoms with Crippen molar-refractivity contribution < 1.29 is 23.9 Å². The number of rotatable bonds is 5. The van der Waals surface area contributed by atoms with Gasteiger partial charge in [-0.05, 0) is 23.3 Å². The second-order valence-electron chi connectivity index (χ2n) is 7.18. The summed E-state index contributed by atoms with van der Waals surface area (Å²) >= 11 is 0. The average molecular weight is 417 g/mol. The summed E-state index contributed by atoms with van der Waals surface area (Å²) in [5, 5.41) is 1.64. The van der Waals surface area contributed by atoms with E-state index in [-0.39, 0.29) is 0 Å². The third kappa shape index (κ3) is 3.35. The molecule has 0 saturated carbocycles. The standard InChI is InChI=1S/C25H23NO5/c1-29-23(27)21-22(24(28)30-2)31-26(20-16-10-5-11-17-20)25(21,18-12-6-3-7-13-18)19-14-8-4-9-15-19/h3-17,21-22H,1-2H3.